The van der Waals surface area contributed by atoms with E-state index in [1.807, 2.05) is 48.5 Å². The highest BCUT2D eigenvalue weighted by molar-refractivity contribution is 6.31. The lowest BCUT2D eigenvalue weighted by Crippen LogP contribution is -1.99. The van der Waals surface area contributed by atoms with E-state index in [9.17, 15) is 0 Å². The minimum atomic E-state index is 0.0283. The molecule has 0 bridgehead atoms. The Labute approximate surface area is 146 Å². The van der Waals surface area contributed by atoms with E-state index < -0.39 is 0 Å². The molecule has 6 nitrogen and oxygen atoms in total. The number of anilines is 2. The topological polar surface area (TPSA) is 76.7 Å². The van der Waals surface area contributed by atoms with Crippen LogP contribution in [0.5, 0.6) is 0 Å². The van der Waals surface area contributed by atoms with Gasteiger partial charge in [0.1, 0.15) is 5.52 Å². The molecular weight excluding hydrogens is 349 g/mol. The van der Waals surface area contributed by atoms with Gasteiger partial charge < -0.3 is 9.73 Å². The molecule has 118 valence electrons. The summed E-state index contributed by atoms with van der Waals surface area (Å²) in [7, 11) is 0. The number of aromatic nitrogens is 4. The molecule has 0 saturated carbocycles. The van der Waals surface area contributed by atoms with Gasteiger partial charge in [0.2, 0.25) is 22.4 Å². The summed E-state index contributed by atoms with van der Waals surface area (Å²) >= 11 is 11.5. The van der Waals surface area contributed by atoms with E-state index >= 15 is 0 Å². The van der Waals surface area contributed by atoms with Crippen molar-refractivity contribution in [2.45, 2.75) is 0 Å². The molecule has 0 radical (unpaired) electrons. The number of nitrogens with zero attached hydrogens (tertiary/aromatic N) is 4. The van der Waals surface area contributed by atoms with E-state index in [-0.39, 0.29) is 16.5 Å². The van der Waals surface area contributed by atoms with E-state index in [2.05, 4.69) is 25.3 Å². The average molecular weight is 358 g/mol. The minimum absolute atomic E-state index is 0.0283. The van der Waals surface area contributed by atoms with Gasteiger partial charge >= 0.3 is 0 Å². The second-order valence-electron chi connectivity index (χ2n) is 4.89. The third-order valence-corrected chi connectivity index (χ3v) is 3.60. The van der Waals surface area contributed by atoms with Crippen molar-refractivity contribution in [3.05, 3.63) is 59.1 Å². The third-order valence-electron chi connectivity index (χ3n) is 3.26. The molecule has 2 aromatic carbocycles. The zero-order chi connectivity index (χ0) is 16.5. The van der Waals surface area contributed by atoms with Gasteiger partial charge in [-0.1, -0.05) is 12.1 Å². The van der Waals surface area contributed by atoms with Crippen LogP contribution in [0.15, 0.2) is 52.9 Å². The fraction of sp³-hybridized carbons (Fsp3) is 0. The Kier molecular flexibility index (Phi) is 3.76. The molecular formula is C16H9Cl2N5O. The van der Waals surface area contributed by atoms with Gasteiger partial charge in [0.15, 0.2) is 5.58 Å². The van der Waals surface area contributed by atoms with Gasteiger partial charge in [0.05, 0.1) is 0 Å². The van der Waals surface area contributed by atoms with Crippen LogP contribution in [0.25, 0.3) is 22.6 Å². The quantitative estimate of drug-likeness (QED) is 0.571. The second kappa shape index (κ2) is 6.07. The fourth-order valence-corrected chi connectivity index (χ4v) is 2.57. The highest BCUT2D eigenvalue weighted by Crippen LogP contribution is 2.26. The Hall–Kier alpha value is -2.70. The molecule has 8 heteroatoms. The molecule has 0 spiro atoms. The van der Waals surface area contributed by atoms with E-state index in [0.29, 0.717) is 5.89 Å². The van der Waals surface area contributed by atoms with Crippen molar-refractivity contribution >= 4 is 45.9 Å². The first-order valence-electron chi connectivity index (χ1n) is 6.97. The molecule has 0 fully saturated rings. The molecule has 4 rings (SSSR count). The largest absolute Gasteiger partial charge is 0.436 e. The first-order valence-corrected chi connectivity index (χ1v) is 7.73. The van der Waals surface area contributed by atoms with Crippen molar-refractivity contribution in [2.24, 2.45) is 0 Å². The Balaban J connectivity index is 1.60. The van der Waals surface area contributed by atoms with Crippen molar-refractivity contribution in [3.63, 3.8) is 0 Å². The second-order valence-corrected chi connectivity index (χ2v) is 5.56. The number of oxazole rings is 1. The number of para-hydroxylation sites is 2. The molecule has 0 saturated heterocycles. The van der Waals surface area contributed by atoms with E-state index in [1.165, 1.54) is 0 Å². The van der Waals surface area contributed by atoms with Gasteiger partial charge in [0.25, 0.3) is 0 Å². The maximum absolute atomic E-state index is 5.75. The maximum Gasteiger partial charge on any atom is 0.232 e. The van der Waals surface area contributed by atoms with Crippen molar-refractivity contribution in [1.82, 2.24) is 19.9 Å². The fourth-order valence-electron chi connectivity index (χ4n) is 2.20. The van der Waals surface area contributed by atoms with Crippen molar-refractivity contribution in [3.8, 4) is 11.5 Å². The Morgan fingerprint density at radius 2 is 1.50 bits per heavy atom. The Morgan fingerprint density at radius 3 is 2.21 bits per heavy atom. The summed E-state index contributed by atoms with van der Waals surface area (Å²) in [6, 6.07) is 15.1. The molecule has 0 amide bonds. The zero-order valence-electron chi connectivity index (χ0n) is 12.1. The lowest BCUT2D eigenvalue weighted by molar-refractivity contribution is 0.620. The first-order chi connectivity index (χ1) is 11.7. The SMILES string of the molecule is Clc1nc(Cl)nc(Nc2ccc(-c3nc4ccccc4o3)cc2)n1. The lowest BCUT2D eigenvalue weighted by atomic mass is 10.2. The summed E-state index contributed by atoms with van der Waals surface area (Å²) in [4.78, 5) is 16.1. The minimum Gasteiger partial charge on any atom is -0.436 e. The molecule has 0 atom stereocenters. The average Bonchev–Trinajstić information content (AvgIpc) is 2.98. The molecule has 2 heterocycles. The van der Waals surface area contributed by atoms with Gasteiger partial charge in [0, 0.05) is 11.3 Å². The van der Waals surface area contributed by atoms with Crippen LogP contribution in [-0.2, 0) is 0 Å². The zero-order valence-corrected chi connectivity index (χ0v) is 13.6. The molecule has 2 aromatic heterocycles. The predicted molar refractivity (Wildman–Crippen MR) is 92.6 cm³/mol. The standard InChI is InChI=1S/C16H9Cl2N5O/c17-14-21-15(18)23-16(22-14)19-10-7-5-9(6-8-10)13-20-11-3-1-2-4-12(11)24-13/h1-8H,(H,19,21,22,23). The van der Waals surface area contributed by atoms with Gasteiger partial charge in [-0.3, -0.25) is 0 Å². The molecule has 4 aromatic rings. The number of nitrogens with one attached hydrogen (secondary N) is 1. The summed E-state index contributed by atoms with van der Waals surface area (Å²) in [5, 5.41) is 3.07. The number of benzene rings is 2. The third kappa shape index (κ3) is 3.02. The van der Waals surface area contributed by atoms with E-state index in [1.54, 1.807) is 0 Å². The maximum atomic E-state index is 5.75. The molecule has 0 unspecified atom stereocenters. The molecule has 0 aliphatic carbocycles. The number of halogens is 2. The van der Waals surface area contributed by atoms with Gasteiger partial charge in [-0.2, -0.15) is 15.0 Å². The normalized spacial score (nSPS) is 10.9. The van der Waals surface area contributed by atoms with Crippen LogP contribution in [0.3, 0.4) is 0 Å². The summed E-state index contributed by atoms with van der Waals surface area (Å²) in [6.07, 6.45) is 0. The summed E-state index contributed by atoms with van der Waals surface area (Å²) in [6.45, 7) is 0. The van der Waals surface area contributed by atoms with E-state index in [4.69, 9.17) is 27.6 Å². The van der Waals surface area contributed by atoms with Crippen LogP contribution >= 0.6 is 23.2 Å². The summed E-state index contributed by atoms with van der Waals surface area (Å²) in [5.74, 6) is 0.837. The Bertz CT molecular complexity index is 963. The van der Waals surface area contributed by atoms with Crippen molar-refractivity contribution in [1.29, 1.82) is 0 Å². The van der Waals surface area contributed by atoms with Crippen LogP contribution in [-0.4, -0.2) is 19.9 Å². The predicted octanol–water partition coefficient (Wildman–Crippen LogP) is 4.73. The smallest absolute Gasteiger partial charge is 0.232 e. The van der Waals surface area contributed by atoms with Crippen LogP contribution in [0.1, 0.15) is 0 Å². The molecule has 24 heavy (non-hydrogen) atoms. The lowest BCUT2D eigenvalue weighted by Gasteiger charge is -2.05. The first kappa shape index (κ1) is 14.9. The van der Waals surface area contributed by atoms with Crippen LogP contribution in [0.2, 0.25) is 10.6 Å². The number of rotatable bonds is 3. The van der Waals surface area contributed by atoms with Crippen molar-refractivity contribution in [2.75, 3.05) is 5.32 Å². The summed E-state index contributed by atoms with van der Waals surface area (Å²) in [5.41, 5.74) is 3.21. The van der Waals surface area contributed by atoms with Crippen LogP contribution < -0.4 is 5.32 Å². The molecule has 0 aliphatic rings. The Morgan fingerprint density at radius 1 is 0.792 bits per heavy atom. The van der Waals surface area contributed by atoms with Gasteiger partial charge in [-0.15, -0.1) is 0 Å². The van der Waals surface area contributed by atoms with E-state index in [0.717, 1.165) is 22.4 Å². The number of fused-ring (bicyclic) bond motifs is 1. The highest BCUT2D eigenvalue weighted by Gasteiger charge is 2.08. The van der Waals surface area contributed by atoms with Crippen molar-refractivity contribution < 1.29 is 4.42 Å². The molecule has 0 aliphatic heterocycles. The van der Waals surface area contributed by atoms with Gasteiger partial charge in [-0.25, -0.2) is 4.98 Å². The highest BCUT2D eigenvalue weighted by atomic mass is 35.5. The number of hydrogen-bond acceptors (Lipinski definition) is 6. The monoisotopic (exact) mass is 357 g/mol. The van der Waals surface area contributed by atoms with Crippen LogP contribution in [0, 0.1) is 0 Å². The number of hydrogen-bond donors (Lipinski definition) is 1. The van der Waals surface area contributed by atoms with Gasteiger partial charge in [-0.05, 0) is 59.6 Å². The summed E-state index contributed by atoms with van der Waals surface area (Å²) < 4.78 is 5.74. The molecule has 1 N–H and O–H groups in total. The van der Waals surface area contributed by atoms with Crippen LogP contribution in [0.4, 0.5) is 11.6 Å².